The second kappa shape index (κ2) is 7.94. The molecular formula is C17H17ClN2O2S. The Morgan fingerprint density at radius 2 is 2.04 bits per heavy atom. The Morgan fingerprint density at radius 3 is 2.70 bits per heavy atom. The Kier molecular flexibility index (Phi) is 5.96. The van der Waals surface area contributed by atoms with Crippen LogP contribution in [0.4, 0.5) is 0 Å². The molecule has 0 radical (unpaired) electrons. The highest BCUT2D eigenvalue weighted by Gasteiger charge is 2.08. The minimum absolute atomic E-state index is 0.151. The number of allylic oxidation sites excluding steroid dienone is 2. The summed E-state index contributed by atoms with van der Waals surface area (Å²) in [5.41, 5.74) is 0.937. The predicted octanol–water partition coefficient (Wildman–Crippen LogP) is 4.10. The van der Waals surface area contributed by atoms with Gasteiger partial charge in [-0.15, -0.1) is 6.58 Å². The number of H-pyrrole nitrogens is 1. The summed E-state index contributed by atoms with van der Waals surface area (Å²) < 4.78 is 1.59. The van der Waals surface area contributed by atoms with Crippen LogP contribution >= 0.6 is 23.8 Å². The first-order chi connectivity index (χ1) is 11.0. The molecule has 0 fully saturated rings. The van der Waals surface area contributed by atoms with E-state index in [1.807, 2.05) is 30.3 Å². The molecule has 2 rings (SSSR count). The molecule has 0 aliphatic carbocycles. The van der Waals surface area contributed by atoms with Gasteiger partial charge in [-0.3, -0.25) is 14.3 Å². The lowest BCUT2D eigenvalue weighted by Gasteiger charge is -2.08. The fourth-order valence-corrected chi connectivity index (χ4v) is 2.51. The zero-order chi connectivity index (χ0) is 16.8. The molecule has 0 bridgehead atoms. The van der Waals surface area contributed by atoms with Crippen LogP contribution in [0.3, 0.4) is 0 Å². The molecule has 0 aliphatic rings. The van der Waals surface area contributed by atoms with Crippen molar-refractivity contribution in [2.24, 2.45) is 0 Å². The third-order valence-electron chi connectivity index (χ3n) is 3.32. The molecule has 2 aromatic rings. The maximum absolute atomic E-state index is 11.9. The van der Waals surface area contributed by atoms with E-state index in [2.05, 4.69) is 11.6 Å². The standard InChI is InChI=1S/C17H17ClN2O2S/c1-2-11-20-16(22)14(15(21)19-17(20)23)6-4-3-5-12-7-9-13(18)10-8-12/h2,4,6-10,22H,1,3,5,11H2,(H,19,21,23). The molecule has 1 heterocycles. The molecule has 2 N–H and O–H groups in total. The topological polar surface area (TPSA) is 58.0 Å². The molecule has 23 heavy (non-hydrogen) atoms. The van der Waals surface area contributed by atoms with E-state index >= 15 is 0 Å². The highest BCUT2D eigenvalue weighted by molar-refractivity contribution is 7.71. The minimum atomic E-state index is -0.407. The minimum Gasteiger partial charge on any atom is -0.494 e. The molecule has 0 saturated carbocycles. The smallest absolute Gasteiger partial charge is 0.262 e. The number of aromatic hydroxyl groups is 1. The van der Waals surface area contributed by atoms with Gasteiger partial charge in [-0.2, -0.15) is 0 Å². The van der Waals surface area contributed by atoms with E-state index in [4.69, 9.17) is 23.8 Å². The van der Waals surface area contributed by atoms with Crippen molar-refractivity contribution in [3.05, 3.63) is 74.3 Å². The van der Waals surface area contributed by atoms with Crippen LogP contribution in [0, 0.1) is 4.77 Å². The van der Waals surface area contributed by atoms with Crippen molar-refractivity contribution < 1.29 is 5.11 Å². The average Bonchev–Trinajstić information content (AvgIpc) is 2.52. The predicted molar refractivity (Wildman–Crippen MR) is 96.6 cm³/mol. The Morgan fingerprint density at radius 1 is 1.35 bits per heavy atom. The molecule has 120 valence electrons. The third kappa shape index (κ3) is 4.43. The lowest BCUT2D eigenvalue weighted by atomic mass is 10.1. The van der Waals surface area contributed by atoms with Gasteiger partial charge in [-0.05, 0) is 48.8 Å². The van der Waals surface area contributed by atoms with Crippen LogP contribution in [0.5, 0.6) is 5.88 Å². The maximum Gasteiger partial charge on any atom is 0.262 e. The number of aryl methyl sites for hydroxylation is 1. The van der Waals surface area contributed by atoms with E-state index < -0.39 is 5.56 Å². The van der Waals surface area contributed by atoms with Gasteiger partial charge >= 0.3 is 0 Å². The largest absolute Gasteiger partial charge is 0.494 e. The van der Waals surface area contributed by atoms with Crippen molar-refractivity contribution in [1.82, 2.24) is 9.55 Å². The van der Waals surface area contributed by atoms with Crippen LogP contribution < -0.4 is 5.56 Å². The number of nitrogens with one attached hydrogen (secondary N) is 1. The second-order valence-corrected chi connectivity index (χ2v) is 5.79. The number of rotatable bonds is 6. The zero-order valence-electron chi connectivity index (χ0n) is 12.5. The first-order valence-electron chi connectivity index (χ1n) is 7.11. The fraction of sp³-hybridized carbons (Fsp3) is 0.176. The molecule has 0 atom stereocenters. The molecule has 0 aliphatic heterocycles. The maximum atomic E-state index is 11.9. The van der Waals surface area contributed by atoms with E-state index in [-0.39, 0.29) is 16.2 Å². The van der Waals surface area contributed by atoms with E-state index in [1.165, 1.54) is 4.57 Å². The molecular weight excluding hydrogens is 332 g/mol. The van der Waals surface area contributed by atoms with Gasteiger partial charge in [0.15, 0.2) is 4.77 Å². The van der Waals surface area contributed by atoms with E-state index in [0.717, 1.165) is 18.4 Å². The Balaban J connectivity index is 2.14. The van der Waals surface area contributed by atoms with Gasteiger partial charge in [0, 0.05) is 11.6 Å². The summed E-state index contributed by atoms with van der Waals surface area (Å²) in [6, 6.07) is 7.62. The van der Waals surface area contributed by atoms with Gasteiger partial charge in [-0.1, -0.05) is 35.9 Å². The van der Waals surface area contributed by atoms with Gasteiger partial charge in [0.25, 0.3) is 5.56 Å². The van der Waals surface area contributed by atoms with Crippen molar-refractivity contribution in [3.63, 3.8) is 0 Å². The summed E-state index contributed by atoms with van der Waals surface area (Å²) in [6.45, 7) is 3.93. The molecule has 4 nitrogen and oxygen atoms in total. The van der Waals surface area contributed by atoms with Crippen molar-refractivity contribution >= 4 is 29.9 Å². The van der Waals surface area contributed by atoms with Crippen molar-refractivity contribution in [2.45, 2.75) is 19.4 Å². The molecule has 1 aromatic heterocycles. The number of hydrogen-bond acceptors (Lipinski definition) is 3. The van der Waals surface area contributed by atoms with E-state index in [1.54, 1.807) is 12.2 Å². The SMILES string of the molecule is C=CCn1c(O)c(C=CCCc2ccc(Cl)cc2)c(=O)[nH]c1=S. The summed E-state index contributed by atoms with van der Waals surface area (Å²) >= 11 is 10.9. The summed E-state index contributed by atoms with van der Waals surface area (Å²) in [4.78, 5) is 14.5. The molecule has 0 saturated heterocycles. The molecule has 1 aromatic carbocycles. The average molecular weight is 349 g/mol. The van der Waals surface area contributed by atoms with Crippen LogP contribution in [-0.4, -0.2) is 14.7 Å². The Bertz CT molecular complexity index is 835. The number of nitrogens with zero attached hydrogens (tertiary/aromatic N) is 1. The summed E-state index contributed by atoms with van der Waals surface area (Å²) in [5, 5.41) is 10.9. The zero-order valence-corrected chi connectivity index (χ0v) is 14.0. The highest BCUT2D eigenvalue weighted by atomic mass is 35.5. The van der Waals surface area contributed by atoms with E-state index in [0.29, 0.717) is 11.6 Å². The first kappa shape index (κ1) is 17.2. The molecule has 0 unspecified atom stereocenters. The number of aromatic amines is 1. The summed E-state index contributed by atoms with van der Waals surface area (Å²) in [6.07, 6.45) is 6.61. The van der Waals surface area contributed by atoms with Crippen molar-refractivity contribution in [2.75, 3.05) is 0 Å². The summed E-state index contributed by atoms with van der Waals surface area (Å²) in [5.74, 6) is -0.151. The van der Waals surface area contributed by atoms with E-state index in [9.17, 15) is 9.90 Å². The molecule has 0 spiro atoms. The van der Waals surface area contributed by atoms with Crippen LogP contribution in [0.25, 0.3) is 6.08 Å². The van der Waals surface area contributed by atoms with Gasteiger partial charge in [-0.25, -0.2) is 0 Å². The van der Waals surface area contributed by atoms with Crippen LogP contribution in [-0.2, 0) is 13.0 Å². The van der Waals surface area contributed by atoms with Crippen LogP contribution in [0.1, 0.15) is 17.5 Å². The normalized spacial score (nSPS) is 11.0. The van der Waals surface area contributed by atoms with Crippen molar-refractivity contribution in [1.29, 1.82) is 0 Å². The van der Waals surface area contributed by atoms with Gasteiger partial charge in [0.05, 0.1) is 5.56 Å². The molecule has 0 amide bonds. The van der Waals surface area contributed by atoms with Gasteiger partial charge in [0.1, 0.15) is 0 Å². The number of halogens is 1. The summed E-state index contributed by atoms with van der Waals surface area (Å²) in [7, 11) is 0. The number of hydrogen-bond donors (Lipinski definition) is 2. The highest BCUT2D eigenvalue weighted by Crippen LogP contribution is 2.16. The lowest BCUT2D eigenvalue weighted by Crippen LogP contribution is -2.16. The number of aromatic nitrogens is 2. The third-order valence-corrected chi connectivity index (χ3v) is 3.89. The number of benzene rings is 1. The monoisotopic (exact) mass is 348 g/mol. The van der Waals surface area contributed by atoms with Crippen LogP contribution in [0.15, 0.2) is 47.8 Å². The Labute approximate surface area is 144 Å². The quantitative estimate of drug-likeness (QED) is 0.610. The first-order valence-corrected chi connectivity index (χ1v) is 7.89. The van der Waals surface area contributed by atoms with Gasteiger partial charge < -0.3 is 5.11 Å². The Hall–Kier alpha value is -2.11. The second-order valence-electron chi connectivity index (χ2n) is 4.96. The van der Waals surface area contributed by atoms with Gasteiger partial charge in [0.2, 0.25) is 5.88 Å². The fourth-order valence-electron chi connectivity index (χ4n) is 2.13. The molecule has 6 heteroatoms. The van der Waals surface area contributed by atoms with Crippen molar-refractivity contribution in [3.8, 4) is 5.88 Å². The lowest BCUT2D eigenvalue weighted by molar-refractivity contribution is 0.412. The van der Waals surface area contributed by atoms with Crippen LogP contribution in [0.2, 0.25) is 5.02 Å².